The Labute approximate surface area is 227 Å². The number of hydrogen-bond acceptors (Lipinski definition) is 9. The van der Waals surface area contributed by atoms with Gasteiger partial charge in [-0.15, -0.1) is 23.4 Å². The van der Waals surface area contributed by atoms with Crippen molar-refractivity contribution < 1.29 is 39.2 Å². The van der Waals surface area contributed by atoms with Crippen molar-refractivity contribution in [2.24, 2.45) is 5.92 Å². The molecule has 0 aliphatic carbocycles. The van der Waals surface area contributed by atoms with Crippen LogP contribution in [0.4, 0.5) is 4.79 Å². The van der Waals surface area contributed by atoms with E-state index < -0.39 is 71.3 Å². The average molecular weight is 563 g/mol. The molecule has 2 amide bonds. The van der Waals surface area contributed by atoms with Gasteiger partial charge in [0.05, 0.1) is 30.2 Å². The summed E-state index contributed by atoms with van der Waals surface area (Å²) in [6, 6.07) is -1.85. The number of halogens is 1. The van der Waals surface area contributed by atoms with Crippen LogP contribution in [-0.4, -0.2) is 105 Å². The molecule has 0 bridgehead atoms. The Hall–Kier alpha value is -1.63. The SMILES string of the molecule is CSC1OC([C@H](NC(=O)[C@@H]2CC=C(/C=C/C=O)CCN2C(=O)OC(C)(C)C)[C@H](C)Cl)C(O)C(CO)C1O. The van der Waals surface area contributed by atoms with Crippen molar-refractivity contribution >= 4 is 41.6 Å². The van der Waals surface area contributed by atoms with E-state index in [4.69, 9.17) is 21.1 Å². The van der Waals surface area contributed by atoms with E-state index in [1.165, 1.54) is 22.7 Å². The van der Waals surface area contributed by atoms with Gasteiger partial charge in [0.2, 0.25) is 5.91 Å². The lowest BCUT2D eigenvalue weighted by Gasteiger charge is -2.45. The Morgan fingerprint density at radius 3 is 2.57 bits per heavy atom. The van der Waals surface area contributed by atoms with Gasteiger partial charge in [-0.1, -0.05) is 17.7 Å². The lowest BCUT2D eigenvalue weighted by atomic mass is 9.86. The number of aliphatic hydroxyl groups is 3. The molecule has 37 heavy (non-hydrogen) atoms. The summed E-state index contributed by atoms with van der Waals surface area (Å²) >= 11 is 7.66. The summed E-state index contributed by atoms with van der Waals surface area (Å²) in [7, 11) is 0. The quantitative estimate of drug-likeness (QED) is 0.197. The third-order valence-electron chi connectivity index (χ3n) is 6.33. The Bertz CT molecular complexity index is 862. The van der Waals surface area contributed by atoms with Crippen LogP contribution in [0.3, 0.4) is 0 Å². The van der Waals surface area contributed by atoms with Gasteiger partial charge in [0.1, 0.15) is 29.5 Å². The maximum atomic E-state index is 13.6. The summed E-state index contributed by atoms with van der Waals surface area (Å²) in [5, 5.41) is 33.3. The zero-order valence-electron chi connectivity index (χ0n) is 21.9. The maximum Gasteiger partial charge on any atom is 0.410 e. The number of hydrogen-bond donors (Lipinski definition) is 4. The number of rotatable bonds is 8. The highest BCUT2D eigenvalue weighted by Crippen LogP contribution is 2.34. The predicted octanol–water partition coefficient (Wildman–Crippen LogP) is 1.60. The predicted molar refractivity (Wildman–Crippen MR) is 141 cm³/mol. The normalized spacial score (nSPS) is 30.7. The van der Waals surface area contributed by atoms with Crippen LogP contribution < -0.4 is 5.32 Å². The molecule has 0 aromatic heterocycles. The van der Waals surface area contributed by atoms with Gasteiger partial charge in [0.15, 0.2) is 0 Å². The largest absolute Gasteiger partial charge is 0.444 e. The third-order valence-corrected chi connectivity index (χ3v) is 7.45. The molecule has 4 N–H and O–H groups in total. The van der Waals surface area contributed by atoms with Crippen molar-refractivity contribution in [3.63, 3.8) is 0 Å². The van der Waals surface area contributed by atoms with Gasteiger partial charge >= 0.3 is 6.09 Å². The standard InChI is InChI=1S/C25H39ClN2O8S/c1-14(26)18(21-19(31)16(13-30)20(32)23(35-21)37-5)27-22(33)17-9-8-15(7-6-12-29)10-11-28(17)24(34)36-25(2,3)4/h6-8,12,14,16-21,23,30-32H,9-11,13H2,1-5H3,(H,27,33)/b7-6+/t14-,16?,17-,18+,19?,20?,21?,23?/m0/s1. The first kappa shape index (κ1) is 31.6. The van der Waals surface area contributed by atoms with Crippen molar-refractivity contribution in [2.75, 3.05) is 19.4 Å². The van der Waals surface area contributed by atoms with Crippen LogP contribution in [-0.2, 0) is 19.1 Å². The second kappa shape index (κ2) is 14.0. The highest BCUT2D eigenvalue weighted by atomic mass is 35.5. The summed E-state index contributed by atoms with van der Waals surface area (Å²) in [6.07, 6.45) is 3.65. The molecule has 2 heterocycles. The molecule has 8 atom stereocenters. The van der Waals surface area contributed by atoms with Crippen LogP contribution in [0.2, 0.25) is 0 Å². The first-order chi connectivity index (χ1) is 17.3. The van der Waals surface area contributed by atoms with Crippen LogP contribution >= 0.6 is 23.4 Å². The smallest absolute Gasteiger partial charge is 0.410 e. The highest BCUT2D eigenvalue weighted by Gasteiger charge is 2.48. The molecule has 2 aliphatic heterocycles. The maximum absolute atomic E-state index is 13.6. The summed E-state index contributed by atoms with van der Waals surface area (Å²) < 4.78 is 11.5. The van der Waals surface area contributed by atoms with Crippen molar-refractivity contribution in [3.8, 4) is 0 Å². The van der Waals surface area contributed by atoms with E-state index in [1.807, 2.05) is 0 Å². The molecule has 0 radical (unpaired) electrons. The lowest BCUT2D eigenvalue weighted by molar-refractivity contribution is -0.189. The van der Waals surface area contributed by atoms with E-state index in [0.717, 1.165) is 5.57 Å². The van der Waals surface area contributed by atoms with Gasteiger partial charge in [0, 0.05) is 12.5 Å². The Morgan fingerprint density at radius 1 is 1.35 bits per heavy atom. The molecular weight excluding hydrogens is 524 g/mol. The van der Waals surface area contributed by atoms with Crippen molar-refractivity contribution in [1.82, 2.24) is 10.2 Å². The molecule has 5 unspecified atom stereocenters. The number of aliphatic hydroxyl groups excluding tert-OH is 3. The monoisotopic (exact) mass is 562 g/mol. The number of aldehydes is 1. The minimum absolute atomic E-state index is 0.159. The summed E-state index contributed by atoms with van der Waals surface area (Å²) in [6.45, 7) is 6.53. The second-order valence-electron chi connectivity index (χ2n) is 10.2. The van der Waals surface area contributed by atoms with E-state index in [-0.39, 0.29) is 13.0 Å². The fraction of sp³-hybridized carbons (Fsp3) is 0.720. The average Bonchev–Trinajstić information content (AvgIpc) is 3.03. The number of amides is 2. The van der Waals surface area contributed by atoms with Gasteiger partial charge in [-0.2, -0.15) is 0 Å². The van der Waals surface area contributed by atoms with E-state index in [1.54, 1.807) is 46.1 Å². The van der Waals surface area contributed by atoms with Crippen LogP contribution in [0.25, 0.3) is 0 Å². The second-order valence-corrected chi connectivity index (χ2v) is 11.8. The summed E-state index contributed by atoms with van der Waals surface area (Å²) in [5.74, 6) is -1.42. The van der Waals surface area contributed by atoms with Crippen molar-refractivity contribution in [3.05, 3.63) is 23.8 Å². The van der Waals surface area contributed by atoms with Crippen LogP contribution in [0.5, 0.6) is 0 Å². The van der Waals surface area contributed by atoms with Crippen LogP contribution in [0.1, 0.15) is 40.5 Å². The van der Waals surface area contributed by atoms with Gasteiger partial charge < -0.3 is 30.1 Å². The molecule has 0 saturated carbocycles. The molecule has 2 rings (SSSR count). The lowest BCUT2D eigenvalue weighted by Crippen LogP contribution is -2.64. The van der Waals surface area contributed by atoms with Gasteiger partial charge in [-0.25, -0.2) is 4.79 Å². The van der Waals surface area contributed by atoms with Crippen LogP contribution in [0, 0.1) is 5.92 Å². The molecule has 2 aliphatic rings. The molecule has 0 spiro atoms. The molecule has 10 nitrogen and oxygen atoms in total. The highest BCUT2D eigenvalue weighted by molar-refractivity contribution is 7.99. The van der Waals surface area contributed by atoms with E-state index in [0.29, 0.717) is 12.7 Å². The fourth-order valence-electron chi connectivity index (χ4n) is 4.39. The number of thioether (sulfide) groups is 1. The Morgan fingerprint density at radius 2 is 2.03 bits per heavy atom. The minimum Gasteiger partial charge on any atom is -0.444 e. The molecule has 1 fully saturated rings. The van der Waals surface area contributed by atoms with Gasteiger partial charge in [-0.05, 0) is 52.9 Å². The number of carbonyl (C=O) groups is 3. The number of allylic oxidation sites excluding steroid dienone is 2. The minimum atomic E-state index is -1.30. The molecule has 0 aromatic rings. The van der Waals surface area contributed by atoms with E-state index >= 15 is 0 Å². The zero-order chi connectivity index (χ0) is 27.9. The zero-order valence-corrected chi connectivity index (χ0v) is 23.4. The van der Waals surface area contributed by atoms with Crippen LogP contribution in [0.15, 0.2) is 23.8 Å². The molecular formula is C25H39ClN2O8S. The first-order valence-electron chi connectivity index (χ1n) is 12.2. The molecule has 210 valence electrons. The van der Waals surface area contributed by atoms with Crippen molar-refractivity contribution in [1.29, 1.82) is 0 Å². The fourth-order valence-corrected chi connectivity index (χ4v) is 5.32. The van der Waals surface area contributed by atoms with E-state index in [2.05, 4.69) is 5.32 Å². The number of nitrogens with zero attached hydrogens (tertiary/aromatic N) is 1. The first-order valence-corrected chi connectivity index (χ1v) is 14.0. The molecule has 1 saturated heterocycles. The number of carbonyl (C=O) groups excluding carboxylic acids is 3. The Kier molecular flexibility index (Phi) is 11.9. The van der Waals surface area contributed by atoms with Crippen molar-refractivity contribution in [2.45, 2.75) is 87.3 Å². The summed E-state index contributed by atoms with van der Waals surface area (Å²) in [4.78, 5) is 38.8. The number of ether oxygens (including phenoxy) is 2. The van der Waals surface area contributed by atoms with Gasteiger partial charge in [-0.3, -0.25) is 14.5 Å². The molecule has 0 aromatic carbocycles. The number of alkyl halides is 1. The summed E-state index contributed by atoms with van der Waals surface area (Å²) in [5.41, 5.74) is -0.725. The van der Waals surface area contributed by atoms with E-state index in [9.17, 15) is 29.7 Å². The van der Waals surface area contributed by atoms with Gasteiger partial charge in [0.25, 0.3) is 0 Å². The molecule has 12 heteroatoms. The Balaban J connectivity index is 2.34. The topological polar surface area (TPSA) is 146 Å². The number of nitrogens with one attached hydrogen (secondary N) is 1. The third kappa shape index (κ3) is 8.43.